The number of rotatable bonds is 6. The molecular formula is C10H14ClN3O4S. The van der Waals surface area contributed by atoms with Gasteiger partial charge in [0.15, 0.2) is 0 Å². The molecule has 7 nitrogen and oxygen atoms in total. The first-order valence-corrected chi connectivity index (χ1v) is 7.36. The van der Waals surface area contributed by atoms with E-state index in [0.717, 1.165) is 0 Å². The standard InChI is InChI=1S/C10H14ClN3O4S/c11-8-5-6(12)4-7(10(15)16)9(8)14-2-1-3-19(13,17)18/h4-5,14H,1-3,12H2,(H,15,16)(H2,13,17,18). The molecule has 0 aliphatic carbocycles. The van der Waals surface area contributed by atoms with Crippen molar-refractivity contribution in [2.24, 2.45) is 5.14 Å². The minimum atomic E-state index is -3.53. The summed E-state index contributed by atoms with van der Waals surface area (Å²) in [7, 11) is -3.53. The summed E-state index contributed by atoms with van der Waals surface area (Å²) in [5.74, 6) is -1.38. The Morgan fingerprint density at radius 1 is 1.42 bits per heavy atom. The first-order chi connectivity index (χ1) is 8.70. The number of carboxylic acids is 1. The molecule has 0 aliphatic rings. The van der Waals surface area contributed by atoms with Gasteiger partial charge in [-0.3, -0.25) is 0 Å². The van der Waals surface area contributed by atoms with Crippen LogP contribution in [0, 0.1) is 0 Å². The Hall–Kier alpha value is -1.51. The number of aromatic carboxylic acids is 1. The predicted molar refractivity (Wildman–Crippen MR) is 73.9 cm³/mol. The lowest BCUT2D eigenvalue weighted by molar-refractivity contribution is 0.0698. The number of hydrogen-bond donors (Lipinski definition) is 4. The molecule has 1 rings (SSSR count). The van der Waals surface area contributed by atoms with Gasteiger partial charge >= 0.3 is 5.97 Å². The predicted octanol–water partition coefficient (Wildman–Crippen LogP) is 0.711. The third-order valence-electron chi connectivity index (χ3n) is 2.25. The number of nitrogen functional groups attached to an aromatic ring is 1. The number of sulfonamides is 1. The van der Waals surface area contributed by atoms with Gasteiger partial charge in [0.1, 0.15) is 0 Å². The summed E-state index contributed by atoms with van der Waals surface area (Å²) in [5.41, 5.74) is 5.88. The van der Waals surface area contributed by atoms with Crippen LogP contribution in [0.25, 0.3) is 0 Å². The largest absolute Gasteiger partial charge is 0.478 e. The van der Waals surface area contributed by atoms with Gasteiger partial charge in [0.05, 0.1) is 22.0 Å². The Kier molecular flexibility index (Phi) is 4.98. The van der Waals surface area contributed by atoms with Crippen molar-refractivity contribution in [2.75, 3.05) is 23.3 Å². The Morgan fingerprint density at radius 3 is 2.58 bits per heavy atom. The van der Waals surface area contributed by atoms with E-state index in [1.165, 1.54) is 12.1 Å². The van der Waals surface area contributed by atoms with Crippen LogP contribution in [0.4, 0.5) is 11.4 Å². The lowest BCUT2D eigenvalue weighted by atomic mass is 10.1. The topological polar surface area (TPSA) is 136 Å². The fourth-order valence-corrected chi connectivity index (χ4v) is 2.30. The van der Waals surface area contributed by atoms with Crippen molar-refractivity contribution < 1.29 is 18.3 Å². The van der Waals surface area contributed by atoms with Crippen molar-refractivity contribution >= 4 is 39.0 Å². The van der Waals surface area contributed by atoms with Crippen LogP contribution in [0.1, 0.15) is 16.8 Å². The first kappa shape index (κ1) is 15.5. The average Bonchev–Trinajstić information content (AvgIpc) is 2.24. The van der Waals surface area contributed by atoms with Crippen LogP contribution in [0.2, 0.25) is 5.02 Å². The van der Waals surface area contributed by atoms with Gasteiger partial charge < -0.3 is 16.2 Å². The van der Waals surface area contributed by atoms with Crippen LogP contribution < -0.4 is 16.2 Å². The van der Waals surface area contributed by atoms with E-state index in [0.29, 0.717) is 0 Å². The van der Waals surface area contributed by atoms with Crippen molar-refractivity contribution in [3.63, 3.8) is 0 Å². The molecule has 0 bridgehead atoms. The molecule has 0 atom stereocenters. The molecule has 0 unspecified atom stereocenters. The molecule has 0 fully saturated rings. The molecule has 6 N–H and O–H groups in total. The maximum absolute atomic E-state index is 11.0. The van der Waals surface area contributed by atoms with E-state index in [1.807, 2.05) is 0 Å². The molecule has 0 heterocycles. The van der Waals surface area contributed by atoms with Crippen molar-refractivity contribution in [3.8, 4) is 0 Å². The number of nitrogens with two attached hydrogens (primary N) is 2. The molecule has 0 aliphatic heterocycles. The monoisotopic (exact) mass is 307 g/mol. The SMILES string of the molecule is Nc1cc(Cl)c(NCCCS(N)(=O)=O)c(C(=O)O)c1. The minimum absolute atomic E-state index is 0.0689. The highest BCUT2D eigenvalue weighted by Gasteiger charge is 2.14. The highest BCUT2D eigenvalue weighted by atomic mass is 35.5. The maximum atomic E-state index is 11.0. The molecule has 0 spiro atoms. The van der Waals surface area contributed by atoms with Gasteiger partial charge in [0, 0.05) is 12.2 Å². The van der Waals surface area contributed by atoms with Crippen molar-refractivity contribution in [1.82, 2.24) is 0 Å². The van der Waals surface area contributed by atoms with Crippen LogP contribution in [-0.2, 0) is 10.0 Å². The van der Waals surface area contributed by atoms with Gasteiger partial charge in [-0.2, -0.15) is 0 Å². The van der Waals surface area contributed by atoms with Gasteiger partial charge in [-0.15, -0.1) is 0 Å². The fraction of sp³-hybridized carbons (Fsp3) is 0.300. The number of hydrogen-bond acceptors (Lipinski definition) is 5. The molecule has 0 aromatic heterocycles. The summed E-state index contributed by atoms with van der Waals surface area (Å²) < 4.78 is 21.5. The third kappa shape index (κ3) is 4.93. The van der Waals surface area contributed by atoms with Gasteiger partial charge in [-0.25, -0.2) is 18.4 Å². The smallest absolute Gasteiger partial charge is 0.337 e. The second kappa shape index (κ2) is 6.09. The fourth-order valence-electron chi connectivity index (χ4n) is 1.46. The van der Waals surface area contributed by atoms with Crippen LogP contribution >= 0.6 is 11.6 Å². The van der Waals surface area contributed by atoms with Crippen molar-refractivity contribution in [3.05, 3.63) is 22.7 Å². The summed E-state index contributed by atoms with van der Waals surface area (Å²) in [6, 6.07) is 2.69. The van der Waals surface area contributed by atoms with Crippen molar-refractivity contribution in [2.45, 2.75) is 6.42 Å². The molecule has 106 valence electrons. The Balaban J connectivity index is 2.80. The Labute approximate surface area is 115 Å². The summed E-state index contributed by atoms with van der Waals surface area (Å²) in [6.45, 7) is 0.223. The van der Waals surface area contributed by atoms with E-state index in [2.05, 4.69) is 5.32 Å². The molecule has 0 saturated carbocycles. The second-order valence-corrected chi connectivity index (χ2v) is 6.02. The van der Waals surface area contributed by atoms with E-state index in [9.17, 15) is 13.2 Å². The lowest BCUT2D eigenvalue weighted by Crippen LogP contribution is -2.19. The summed E-state index contributed by atoms with van der Waals surface area (Å²) in [6.07, 6.45) is 0.235. The summed E-state index contributed by atoms with van der Waals surface area (Å²) in [5, 5.41) is 16.8. The number of carbonyl (C=O) groups is 1. The highest BCUT2D eigenvalue weighted by Crippen LogP contribution is 2.29. The highest BCUT2D eigenvalue weighted by molar-refractivity contribution is 7.89. The van der Waals surface area contributed by atoms with E-state index >= 15 is 0 Å². The molecule has 9 heteroatoms. The molecule has 1 aromatic carbocycles. The minimum Gasteiger partial charge on any atom is -0.478 e. The number of benzene rings is 1. The van der Waals surface area contributed by atoms with Crippen LogP contribution in [0.5, 0.6) is 0 Å². The van der Waals surface area contributed by atoms with Gasteiger partial charge in [-0.05, 0) is 18.6 Å². The number of carboxylic acid groups (broad SMARTS) is 1. The van der Waals surface area contributed by atoms with Crippen LogP contribution in [0.3, 0.4) is 0 Å². The van der Waals surface area contributed by atoms with Gasteiger partial charge in [-0.1, -0.05) is 11.6 Å². The third-order valence-corrected chi connectivity index (χ3v) is 3.41. The van der Waals surface area contributed by atoms with Gasteiger partial charge in [0.25, 0.3) is 0 Å². The zero-order valence-corrected chi connectivity index (χ0v) is 11.5. The normalized spacial score (nSPS) is 11.3. The quantitative estimate of drug-likeness (QED) is 0.451. The van der Waals surface area contributed by atoms with E-state index in [4.69, 9.17) is 27.6 Å². The van der Waals surface area contributed by atoms with Crippen molar-refractivity contribution in [1.29, 1.82) is 0 Å². The van der Waals surface area contributed by atoms with Crippen LogP contribution in [-0.4, -0.2) is 31.8 Å². The first-order valence-electron chi connectivity index (χ1n) is 5.27. The zero-order valence-electron chi connectivity index (χ0n) is 9.89. The van der Waals surface area contributed by atoms with Crippen LogP contribution in [0.15, 0.2) is 12.1 Å². The molecular weight excluding hydrogens is 294 g/mol. The average molecular weight is 308 g/mol. The van der Waals surface area contributed by atoms with E-state index in [-0.39, 0.29) is 40.7 Å². The Bertz CT molecular complexity index is 589. The van der Waals surface area contributed by atoms with E-state index < -0.39 is 16.0 Å². The zero-order chi connectivity index (χ0) is 14.6. The number of anilines is 2. The van der Waals surface area contributed by atoms with E-state index in [1.54, 1.807) is 0 Å². The summed E-state index contributed by atoms with van der Waals surface area (Å²) >= 11 is 5.90. The molecule has 1 aromatic rings. The number of primary sulfonamides is 1. The van der Waals surface area contributed by atoms with Gasteiger partial charge in [0.2, 0.25) is 10.0 Å². The number of nitrogens with one attached hydrogen (secondary N) is 1. The molecule has 0 amide bonds. The maximum Gasteiger partial charge on any atom is 0.337 e. The molecule has 0 radical (unpaired) electrons. The number of halogens is 1. The second-order valence-electron chi connectivity index (χ2n) is 3.88. The lowest BCUT2D eigenvalue weighted by Gasteiger charge is -2.12. The molecule has 0 saturated heterocycles. The Morgan fingerprint density at radius 2 is 2.05 bits per heavy atom. The molecule has 19 heavy (non-hydrogen) atoms. The summed E-state index contributed by atoms with van der Waals surface area (Å²) in [4.78, 5) is 11.0.